The van der Waals surface area contributed by atoms with Crippen LogP contribution in [0.2, 0.25) is 0 Å². The molecule has 122 valence electrons. The zero-order chi connectivity index (χ0) is 17.5. The average Bonchev–Trinajstić information content (AvgIpc) is 2.57. The zero-order valence-electron chi connectivity index (χ0n) is 12.1. The first-order valence-electron chi connectivity index (χ1n) is 6.60. The van der Waals surface area contributed by atoms with Crippen LogP contribution >= 0.6 is 0 Å². The Balaban J connectivity index is 1.92. The van der Waals surface area contributed by atoms with E-state index in [1.54, 1.807) is 6.07 Å². The van der Waals surface area contributed by atoms with E-state index >= 15 is 0 Å². The quantitative estimate of drug-likeness (QED) is 0.385. The molecule has 8 nitrogen and oxygen atoms in total. The molecule has 2 amide bonds. The smallest absolute Gasteiger partial charge is 0.318 e. The van der Waals surface area contributed by atoms with E-state index in [4.69, 9.17) is 0 Å². The van der Waals surface area contributed by atoms with Gasteiger partial charge in [-0.05, 0) is 24.3 Å². The first kappa shape index (κ1) is 16.7. The number of non-ortho nitro benzene ring substituents is 1. The van der Waals surface area contributed by atoms with Gasteiger partial charge < -0.3 is 5.32 Å². The molecule has 0 aliphatic rings. The SMILES string of the molecule is O=C(N/N=C/c1cccc([N+](=O)[O-])c1)C(=O)Nc1ccc(F)cc1. The zero-order valence-corrected chi connectivity index (χ0v) is 12.1. The lowest BCUT2D eigenvalue weighted by atomic mass is 10.2. The van der Waals surface area contributed by atoms with Crippen LogP contribution in [0.15, 0.2) is 53.6 Å². The lowest BCUT2D eigenvalue weighted by molar-refractivity contribution is -0.384. The van der Waals surface area contributed by atoms with Gasteiger partial charge >= 0.3 is 11.8 Å². The summed E-state index contributed by atoms with van der Waals surface area (Å²) in [7, 11) is 0. The van der Waals surface area contributed by atoms with Gasteiger partial charge in [-0.1, -0.05) is 12.1 Å². The maximum absolute atomic E-state index is 12.7. The van der Waals surface area contributed by atoms with E-state index in [1.165, 1.54) is 30.3 Å². The van der Waals surface area contributed by atoms with Crippen LogP contribution in [0.1, 0.15) is 5.56 Å². The highest BCUT2D eigenvalue weighted by atomic mass is 19.1. The van der Waals surface area contributed by atoms with Crippen molar-refractivity contribution in [2.45, 2.75) is 0 Å². The third kappa shape index (κ3) is 4.70. The van der Waals surface area contributed by atoms with E-state index in [2.05, 4.69) is 10.4 Å². The van der Waals surface area contributed by atoms with Gasteiger partial charge in [0.15, 0.2) is 0 Å². The summed E-state index contributed by atoms with van der Waals surface area (Å²) in [5.41, 5.74) is 2.49. The first-order valence-corrected chi connectivity index (χ1v) is 6.60. The van der Waals surface area contributed by atoms with Crippen molar-refractivity contribution in [3.8, 4) is 0 Å². The van der Waals surface area contributed by atoms with E-state index in [-0.39, 0.29) is 11.4 Å². The van der Waals surface area contributed by atoms with Crippen LogP contribution in [0.4, 0.5) is 15.8 Å². The number of nitrogens with one attached hydrogen (secondary N) is 2. The number of hydrogen-bond acceptors (Lipinski definition) is 5. The molecule has 0 heterocycles. The van der Waals surface area contributed by atoms with Gasteiger partial charge in [-0.2, -0.15) is 5.10 Å². The van der Waals surface area contributed by atoms with Gasteiger partial charge in [-0.3, -0.25) is 19.7 Å². The monoisotopic (exact) mass is 330 g/mol. The predicted molar refractivity (Wildman–Crippen MR) is 83.9 cm³/mol. The minimum atomic E-state index is -1.04. The summed E-state index contributed by atoms with van der Waals surface area (Å²) in [6, 6.07) is 10.4. The molecule has 0 aromatic heterocycles. The van der Waals surface area contributed by atoms with Crippen molar-refractivity contribution in [2.75, 3.05) is 5.32 Å². The molecule has 0 fully saturated rings. The molecule has 0 aliphatic heterocycles. The summed E-state index contributed by atoms with van der Waals surface area (Å²) < 4.78 is 12.7. The van der Waals surface area contributed by atoms with Crippen LogP contribution in [0.5, 0.6) is 0 Å². The molecule has 24 heavy (non-hydrogen) atoms. The molecular weight excluding hydrogens is 319 g/mol. The Morgan fingerprint density at radius 2 is 1.83 bits per heavy atom. The number of carbonyl (C=O) groups excluding carboxylic acids is 2. The summed E-state index contributed by atoms with van der Waals surface area (Å²) in [6.07, 6.45) is 1.16. The van der Waals surface area contributed by atoms with Crippen LogP contribution in [0, 0.1) is 15.9 Å². The molecule has 0 atom stereocenters. The van der Waals surface area contributed by atoms with Gasteiger partial charge in [0.2, 0.25) is 0 Å². The number of anilines is 1. The minimum Gasteiger partial charge on any atom is -0.318 e. The first-order chi connectivity index (χ1) is 11.5. The van der Waals surface area contributed by atoms with Gasteiger partial charge in [0.05, 0.1) is 11.1 Å². The lowest BCUT2D eigenvalue weighted by Gasteiger charge is -2.03. The Bertz CT molecular complexity index is 805. The summed E-state index contributed by atoms with van der Waals surface area (Å²) in [6.45, 7) is 0. The Labute approximate surface area is 135 Å². The number of carbonyl (C=O) groups is 2. The third-order valence-corrected chi connectivity index (χ3v) is 2.77. The van der Waals surface area contributed by atoms with Gasteiger partial charge in [-0.15, -0.1) is 0 Å². The molecule has 0 saturated heterocycles. The molecule has 2 aromatic rings. The summed E-state index contributed by atoms with van der Waals surface area (Å²) in [5, 5.41) is 16.4. The second-order valence-corrected chi connectivity index (χ2v) is 4.51. The molecule has 0 saturated carbocycles. The van der Waals surface area contributed by atoms with Gasteiger partial charge in [0.25, 0.3) is 5.69 Å². The highest BCUT2D eigenvalue weighted by Crippen LogP contribution is 2.11. The van der Waals surface area contributed by atoms with Crippen molar-refractivity contribution >= 4 is 29.4 Å². The van der Waals surface area contributed by atoms with Crippen LogP contribution in [0.3, 0.4) is 0 Å². The average molecular weight is 330 g/mol. The Hall–Kier alpha value is -3.62. The summed E-state index contributed by atoms with van der Waals surface area (Å²) >= 11 is 0. The molecule has 0 bridgehead atoms. The Morgan fingerprint density at radius 1 is 1.12 bits per heavy atom. The topological polar surface area (TPSA) is 114 Å². The number of halogens is 1. The van der Waals surface area contributed by atoms with E-state index in [0.29, 0.717) is 5.56 Å². The van der Waals surface area contributed by atoms with Crippen LogP contribution in [-0.4, -0.2) is 23.0 Å². The van der Waals surface area contributed by atoms with Crippen LogP contribution < -0.4 is 10.7 Å². The highest BCUT2D eigenvalue weighted by molar-refractivity contribution is 6.39. The van der Waals surface area contributed by atoms with Gasteiger partial charge in [-0.25, -0.2) is 9.82 Å². The number of amides is 2. The van der Waals surface area contributed by atoms with Gasteiger partial charge in [0.1, 0.15) is 5.82 Å². The molecule has 0 aliphatic carbocycles. The third-order valence-electron chi connectivity index (χ3n) is 2.77. The van der Waals surface area contributed by atoms with E-state index < -0.39 is 22.6 Å². The maximum atomic E-state index is 12.7. The number of nitro groups is 1. The number of nitrogens with zero attached hydrogens (tertiary/aromatic N) is 2. The van der Waals surface area contributed by atoms with Crippen molar-refractivity contribution in [2.24, 2.45) is 5.10 Å². The van der Waals surface area contributed by atoms with E-state index in [1.807, 2.05) is 5.43 Å². The second kappa shape index (κ2) is 7.58. The molecule has 9 heteroatoms. The molecule has 0 radical (unpaired) electrons. The van der Waals surface area contributed by atoms with Gasteiger partial charge in [0, 0.05) is 23.4 Å². The standard InChI is InChI=1S/C15H11FN4O4/c16-11-4-6-12(7-5-11)18-14(21)15(22)19-17-9-10-2-1-3-13(8-10)20(23)24/h1-9H,(H,18,21)(H,19,22)/b17-9+. The molecule has 2 aromatic carbocycles. The number of benzene rings is 2. The number of nitro benzene ring substituents is 1. The predicted octanol–water partition coefficient (Wildman–Crippen LogP) is 1.82. The normalized spacial score (nSPS) is 10.4. The largest absolute Gasteiger partial charge is 0.329 e. The molecule has 2 N–H and O–H groups in total. The van der Waals surface area contributed by atoms with Crippen molar-refractivity contribution in [1.82, 2.24) is 5.43 Å². The maximum Gasteiger partial charge on any atom is 0.329 e. The Morgan fingerprint density at radius 3 is 2.50 bits per heavy atom. The van der Waals surface area contributed by atoms with Crippen molar-refractivity contribution in [1.29, 1.82) is 0 Å². The molecule has 0 spiro atoms. The van der Waals surface area contributed by atoms with Crippen molar-refractivity contribution in [3.05, 3.63) is 70.0 Å². The van der Waals surface area contributed by atoms with Crippen LogP contribution in [-0.2, 0) is 9.59 Å². The molecule has 2 rings (SSSR count). The second-order valence-electron chi connectivity index (χ2n) is 4.51. The number of hydrazone groups is 1. The fourth-order valence-electron chi connectivity index (χ4n) is 1.66. The number of rotatable bonds is 4. The van der Waals surface area contributed by atoms with Crippen molar-refractivity contribution in [3.63, 3.8) is 0 Å². The lowest BCUT2D eigenvalue weighted by Crippen LogP contribution is -2.32. The van der Waals surface area contributed by atoms with E-state index in [0.717, 1.165) is 18.3 Å². The minimum absolute atomic E-state index is 0.126. The summed E-state index contributed by atoms with van der Waals surface area (Å²) in [4.78, 5) is 33.2. The fourth-order valence-corrected chi connectivity index (χ4v) is 1.66. The fraction of sp³-hybridized carbons (Fsp3) is 0. The highest BCUT2D eigenvalue weighted by Gasteiger charge is 2.12. The molecule has 0 unspecified atom stereocenters. The molecular formula is C15H11FN4O4. The van der Waals surface area contributed by atoms with E-state index in [9.17, 15) is 24.1 Å². The number of hydrogen-bond donors (Lipinski definition) is 2. The van der Waals surface area contributed by atoms with Crippen LogP contribution in [0.25, 0.3) is 0 Å². The Kier molecular flexibility index (Phi) is 5.29. The van der Waals surface area contributed by atoms with Crippen molar-refractivity contribution < 1.29 is 18.9 Å². The summed E-state index contributed by atoms with van der Waals surface area (Å²) in [5.74, 6) is -2.50.